The Balaban J connectivity index is 2.83. The first-order valence-corrected chi connectivity index (χ1v) is 6.88. The predicted octanol–water partition coefficient (Wildman–Crippen LogP) is 2.16. The highest BCUT2D eigenvalue weighted by Gasteiger charge is 2.21. The van der Waals surface area contributed by atoms with E-state index in [-0.39, 0.29) is 23.6 Å². The topological polar surface area (TPSA) is 63.7 Å². The van der Waals surface area contributed by atoms with Crippen LogP contribution in [-0.2, 0) is 9.53 Å². The molecule has 0 N–H and O–H groups in total. The summed E-state index contributed by atoms with van der Waals surface area (Å²) in [6, 6.07) is 6.52. The molecule has 5 heteroatoms. The Morgan fingerprint density at radius 2 is 1.67 bits per heavy atom. The van der Waals surface area contributed by atoms with Gasteiger partial charge in [-0.15, -0.1) is 0 Å². The fourth-order valence-corrected chi connectivity index (χ4v) is 1.99. The third-order valence-corrected chi connectivity index (χ3v) is 3.31. The van der Waals surface area contributed by atoms with E-state index in [4.69, 9.17) is 0 Å². The highest BCUT2D eigenvalue weighted by atomic mass is 16.5. The van der Waals surface area contributed by atoms with Crippen LogP contribution in [0.4, 0.5) is 0 Å². The minimum absolute atomic E-state index is 0.0411. The van der Waals surface area contributed by atoms with E-state index in [9.17, 15) is 14.4 Å². The van der Waals surface area contributed by atoms with E-state index in [1.54, 1.807) is 36.1 Å². The number of ether oxygens (including phenoxy) is 1. The summed E-state index contributed by atoms with van der Waals surface area (Å²) in [7, 11) is 1.33. The van der Waals surface area contributed by atoms with E-state index in [2.05, 4.69) is 4.74 Å². The number of methoxy groups -OCH3 is 1. The van der Waals surface area contributed by atoms with Crippen LogP contribution in [0.1, 0.15) is 41.5 Å². The van der Waals surface area contributed by atoms with Crippen LogP contribution in [0.3, 0.4) is 0 Å². The Hall–Kier alpha value is -2.17. The quantitative estimate of drug-likeness (QED) is 0.595. The maximum absolute atomic E-state index is 12.4. The molecule has 0 saturated heterocycles. The summed E-state index contributed by atoms with van der Waals surface area (Å²) in [4.78, 5) is 36.6. The van der Waals surface area contributed by atoms with E-state index in [0.29, 0.717) is 24.2 Å². The van der Waals surface area contributed by atoms with Crippen molar-refractivity contribution in [3.05, 3.63) is 35.4 Å². The fourth-order valence-electron chi connectivity index (χ4n) is 1.99. The molecule has 1 rings (SSSR count). The molecule has 1 aromatic carbocycles. The second-order valence-corrected chi connectivity index (χ2v) is 4.90. The summed E-state index contributed by atoms with van der Waals surface area (Å²) in [5.74, 6) is -0.924. The van der Waals surface area contributed by atoms with Crippen molar-refractivity contribution in [2.24, 2.45) is 5.92 Å². The fraction of sp³-hybridized carbons (Fsp3) is 0.438. The van der Waals surface area contributed by atoms with Crippen molar-refractivity contribution < 1.29 is 19.1 Å². The van der Waals surface area contributed by atoms with E-state index < -0.39 is 0 Å². The van der Waals surface area contributed by atoms with Gasteiger partial charge in [-0.05, 0) is 26.0 Å². The van der Waals surface area contributed by atoms with E-state index in [1.165, 1.54) is 14.0 Å². The zero-order valence-electron chi connectivity index (χ0n) is 12.9. The summed E-state index contributed by atoms with van der Waals surface area (Å²) < 4.78 is 4.67. The number of rotatable bonds is 6. The lowest BCUT2D eigenvalue weighted by Crippen LogP contribution is -2.37. The van der Waals surface area contributed by atoms with Gasteiger partial charge in [0.15, 0.2) is 5.78 Å². The maximum atomic E-state index is 12.4. The van der Waals surface area contributed by atoms with Crippen LogP contribution in [0, 0.1) is 5.92 Å². The van der Waals surface area contributed by atoms with Crippen molar-refractivity contribution in [2.75, 3.05) is 20.2 Å². The van der Waals surface area contributed by atoms with Crippen LogP contribution in [0.25, 0.3) is 0 Å². The van der Waals surface area contributed by atoms with Gasteiger partial charge in [0.2, 0.25) is 0 Å². The minimum Gasteiger partial charge on any atom is -0.469 e. The first kappa shape index (κ1) is 16.9. The van der Waals surface area contributed by atoms with Gasteiger partial charge >= 0.3 is 5.97 Å². The second kappa shape index (κ2) is 7.57. The molecule has 0 spiro atoms. The van der Waals surface area contributed by atoms with Crippen LogP contribution in [0.2, 0.25) is 0 Å². The number of esters is 1. The number of Topliss-reactive ketones (excluding diaryl/α,β-unsaturated/α-hetero) is 1. The number of amides is 1. The third kappa shape index (κ3) is 4.41. The highest BCUT2D eigenvalue weighted by Crippen LogP contribution is 2.11. The number of carbonyl (C=O) groups is 3. The average Bonchev–Trinajstić information content (AvgIpc) is 2.50. The van der Waals surface area contributed by atoms with E-state index >= 15 is 0 Å². The zero-order chi connectivity index (χ0) is 16.0. The molecule has 5 nitrogen and oxygen atoms in total. The Kier molecular flexibility index (Phi) is 6.09. The van der Waals surface area contributed by atoms with Gasteiger partial charge in [0.25, 0.3) is 5.91 Å². The normalized spacial score (nSPS) is 11.6. The standard InChI is InChI=1S/C16H21NO4/c1-5-17(10-11(2)16(20)21-4)15(19)14-8-6-13(7-9-14)12(3)18/h6-9,11H,5,10H2,1-4H3. The van der Waals surface area contributed by atoms with Gasteiger partial charge in [0, 0.05) is 24.2 Å². The first-order valence-electron chi connectivity index (χ1n) is 6.88. The summed E-state index contributed by atoms with van der Waals surface area (Å²) in [6.45, 7) is 5.85. The number of nitrogens with zero attached hydrogens (tertiary/aromatic N) is 1. The van der Waals surface area contributed by atoms with Crippen LogP contribution >= 0.6 is 0 Å². The molecule has 0 radical (unpaired) electrons. The molecule has 0 aromatic heterocycles. The number of carbonyl (C=O) groups excluding carboxylic acids is 3. The number of hydrogen-bond donors (Lipinski definition) is 0. The lowest BCUT2D eigenvalue weighted by molar-refractivity contribution is -0.145. The van der Waals surface area contributed by atoms with E-state index in [0.717, 1.165) is 0 Å². The van der Waals surface area contributed by atoms with Crippen LogP contribution in [0.5, 0.6) is 0 Å². The molecule has 0 aliphatic carbocycles. The molecule has 1 amide bonds. The summed E-state index contributed by atoms with van der Waals surface area (Å²) in [5, 5.41) is 0. The van der Waals surface area contributed by atoms with Gasteiger partial charge in [0.1, 0.15) is 0 Å². The van der Waals surface area contributed by atoms with Crippen LogP contribution in [0.15, 0.2) is 24.3 Å². The van der Waals surface area contributed by atoms with Gasteiger partial charge in [-0.25, -0.2) is 0 Å². The second-order valence-electron chi connectivity index (χ2n) is 4.90. The average molecular weight is 291 g/mol. The SMILES string of the molecule is CCN(CC(C)C(=O)OC)C(=O)c1ccc(C(C)=O)cc1. The molecule has 0 aliphatic rings. The van der Waals surface area contributed by atoms with Crippen LogP contribution in [-0.4, -0.2) is 42.8 Å². The van der Waals surface area contributed by atoms with Gasteiger partial charge in [-0.1, -0.05) is 19.1 Å². The monoisotopic (exact) mass is 291 g/mol. The van der Waals surface area contributed by atoms with Crippen molar-refractivity contribution in [2.45, 2.75) is 20.8 Å². The maximum Gasteiger partial charge on any atom is 0.310 e. The molecule has 21 heavy (non-hydrogen) atoms. The summed E-state index contributed by atoms with van der Waals surface area (Å²) in [5.41, 5.74) is 1.07. The van der Waals surface area contributed by atoms with Gasteiger partial charge in [-0.2, -0.15) is 0 Å². The molecular weight excluding hydrogens is 270 g/mol. The summed E-state index contributed by atoms with van der Waals surface area (Å²) in [6.07, 6.45) is 0. The lowest BCUT2D eigenvalue weighted by atomic mass is 10.1. The van der Waals surface area contributed by atoms with Gasteiger partial charge in [-0.3, -0.25) is 14.4 Å². The van der Waals surface area contributed by atoms with Gasteiger partial charge < -0.3 is 9.64 Å². The molecule has 0 bridgehead atoms. The van der Waals surface area contributed by atoms with Crippen molar-refractivity contribution in [3.63, 3.8) is 0 Å². The Morgan fingerprint density at radius 3 is 2.10 bits per heavy atom. The Labute approximate surface area is 124 Å². The molecule has 1 atom stereocenters. The number of ketones is 1. The Morgan fingerprint density at radius 1 is 1.14 bits per heavy atom. The molecule has 0 fully saturated rings. The molecule has 0 saturated carbocycles. The van der Waals surface area contributed by atoms with Crippen molar-refractivity contribution in [1.29, 1.82) is 0 Å². The highest BCUT2D eigenvalue weighted by molar-refractivity contribution is 5.97. The molecule has 0 aliphatic heterocycles. The molecule has 114 valence electrons. The summed E-state index contributed by atoms with van der Waals surface area (Å²) >= 11 is 0. The third-order valence-electron chi connectivity index (χ3n) is 3.31. The molecular formula is C16H21NO4. The first-order chi connectivity index (χ1) is 9.90. The van der Waals surface area contributed by atoms with Crippen molar-refractivity contribution in [1.82, 2.24) is 4.90 Å². The van der Waals surface area contributed by atoms with Crippen LogP contribution < -0.4 is 0 Å². The number of benzene rings is 1. The lowest BCUT2D eigenvalue weighted by Gasteiger charge is -2.23. The largest absolute Gasteiger partial charge is 0.469 e. The van der Waals surface area contributed by atoms with Crippen molar-refractivity contribution >= 4 is 17.7 Å². The smallest absolute Gasteiger partial charge is 0.310 e. The molecule has 1 unspecified atom stereocenters. The number of hydrogen-bond acceptors (Lipinski definition) is 4. The van der Waals surface area contributed by atoms with Crippen molar-refractivity contribution in [3.8, 4) is 0 Å². The minimum atomic E-state index is -0.379. The Bertz CT molecular complexity index is 522. The van der Waals surface area contributed by atoms with E-state index in [1.807, 2.05) is 6.92 Å². The van der Waals surface area contributed by atoms with Gasteiger partial charge in [0.05, 0.1) is 13.0 Å². The predicted molar refractivity (Wildman–Crippen MR) is 79.2 cm³/mol. The molecule has 0 heterocycles. The zero-order valence-corrected chi connectivity index (χ0v) is 12.9. The molecule has 1 aromatic rings.